The maximum atomic E-state index is 11.0. The Morgan fingerprint density at radius 3 is 2.88 bits per heavy atom. The third kappa shape index (κ3) is 1.56. The van der Waals surface area contributed by atoms with Gasteiger partial charge < -0.3 is 0 Å². The van der Waals surface area contributed by atoms with Crippen LogP contribution in [0.4, 0.5) is 5.69 Å². The van der Waals surface area contributed by atoms with Gasteiger partial charge in [-0.3, -0.25) is 14.7 Å². The Morgan fingerprint density at radius 2 is 2.29 bits per heavy atom. The van der Waals surface area contributed by atoms with Crippen LogP contribution in [-0.2, 0) is 7.05 Å². The number of aromatic nitrogens is 3. The highest BCUT2D eigenvalue weighted by atomic mass is 16.6. The molecule has 0 saturated heterocycles. The second-order valence-electron chi connectivity index (χ2n) is 3.51. The lowest BCUT2D eigenvalue weighted by molar-refractivity contribution is -0.385. The monoisotopic (exact) mass is 231 g/mol. The summed E-state index contributed by atoms with van der Waals surface area (Å²) in [5.74, 6) is 0.286. The first-order valence-electron chi connectivity index (χ1n) is 4.82. The van der Waals surface area contributed by atoms with Crippen molar-refractivity contribution in [3.8, 4) is 11.9 Å². The molecule has 0 aliphatic heterocycles. The minimum Gasteiger partial charge on any atom is -0.287 e. The molecular weight excluding hydrogens is 222 g/mol. The summed E-state index contributed by atoms with van der Waals surface area (Å²) < 4.78 is 2.85. The summed E-state index contributed by atoms with van der Waals surface area (Å²) in [6, 6.07) is 5.22. The number of nitrogens with zero attached hydrogens (tertiary/aromatic N) is 5. The van der Waals surface area contributed by atoms with Gasteiger partial charge in [-0.05, 0) is 19.1 Å². The molecule has 7 nitrogen and oxygen atoms in total. The van der Waals surface area contributed by atoms with Crippen LogP contribution in [0.25, 0.3) is 5.82 Å². The van der Waals surface area contributed by atoms with E-state index in [9.17, 15) is 10.1 Å². The Bertz CT molecular complexity index is 632. The third-order valence-electron chi connectivity index (χ3n) is 2.44. The van der Waals surface area contributed by atoms with Crippen LogP contribution in [-0.4, -0.2) is 19.3 Å². The Morgan fingerprint density at radius 1 is 1.59 bits per heavy atom. The van der Waals surface area contributed by atoms with Gasteiger partial charge in [0.05, 0.1) is 4.92 Å². The van der Waals surface area contributed by atoms with Crippen LogP contribution in [0.5, 0.6) is 0 Å². The summed E-state index contributed by atoms with van der Waals surface area (Å²) in [6.45, 7) is 1.57. The molecule has 0 spiro atoms. The van der Waals surface area contributed by atoms with Crippen LogP contribution in [0.1, 0.15) is 11.4 Å². The first-order chi connectivity index (χ1) is 8.06. The van der Waals surface area contributed by atoms with Crippen molar-refractivity contribution in [2.45, 2.75) is 6.92 Å². The van der Waals surface area contributed by atoms with Crippen LogP contribution in [0.2, 0.25) is 0 Å². The molecule has 0 radical (unpaired) electrons. The van der Waals surface area contributed by atoms with Crippen molar-refractivity contribution >= 4 is 5.69 Å². The molecule has 0 amide bonds. The van der Waals surface area contributed by atoms with Gasteiger partial charge in [-0.25, -0.2) is 4.68 Å². The van der Waals surface area contributed by atoms with Crippen molar-refractivity contribution in [2.24, 2.45) is 7.05 Å². The fraction of sp³-hybridized carbons (Fsp3) is 0.200. The number of aryl methyl sites for hydroxylation is 2. The molecule has 2 aromatic heterocycles. The van der Waals surface area contributed by atoms with E-state index in [-0.39, 0.29) is 11.5 Å². The predicted octanol–water partition coefficient (Wildman–Crippen LogP) is 1.30. The largest absolute Gasteiger partial charge is 0.334 e. The van der Waals surface area contributed by atoms with Crippen LogP contribution < -0.4 is 0 Å². The predicted molar refractivity (Wildman–Crippen MR) is 58.6 cm³/mol. The van der Waals surface area contributed by atoms with Gasteiger partial charge in [-0.1, -0.05) is 0 Å². The zero-order valence-corrected chi connectivity index (χ0v) is 9.28. The first kappa shape index (κ1) is 10.9. The molecule has 0 N–H and O–H groups in total. The van der Waals surface area contributed by atoms with Crippen LogP contribution in [0.3, 0.4) is 0 Å². The number of nitriles is 1. The second-order valence-corrected chi connectivity index (χ2v) is 3.51. The van der Waals surface area contributed by atoms with Crippen LogP contribution >= 0.6 is 0 Å². The summed E-state index contributed by atoms with van der Waals surface area (Å²) >= 11 is 0. The minimum atomic E-state index is -0.487. The van der Waals surface area contributed by atoms with Crippen molar-refractivity contribution in [1.29, 1.82) is 5.26 Å². The number of rotatable bonds is 2. The lowest BCUT2D eigenvalue weighted by Gasteiger charge is -2.03. The molecular formula is C10H9N5O2. The highest BCUT2D eigenvalue weighted by Gasteiger charge is 2.26. The topological polar surface area (TPSA) is 89.7 Å². The summed E-state index contributed by atoms with van der Waals surface area (Å²) in [6.07, 6.45) is 1.60. The normalized spacial score (nSPS) is 10.2. The van der Waals surface area contributed by atoms with E-state index in [1.807, 2.05) is 6.07 Å². The van der Waals surface area contributed by atoms with Gasteiger partial charge in [-0.2, -0.15) is 10.4 Å². The molecule has 86 valence electrons. The van der Waals surface area contributed by atoms with Crippen LogP contribution in [0.15, 0.2) is 18.3 Å². The first-order valence-corrected chi connectivity index (χ1v) is 4.82. The fourth-order valence-electron chi connectivity index (χ4n) is 1.78. The van der Waals surface area contributed by atoms with E-state index < -0.39 is 4.92 Å². The smallest absolute Gasteiger partial charge is 0.287 e. The molecule has 0 fully saturated rings. The summed E-state index contributed by atoms with van der Waals surface area (Å²) in [5.41, 5.74) is 0.571. The van der Waals surface area contributed by atoms with Crippen molar-refractivity contribution in [1.82, 2.24) is 14.3 Å². The fourth-order valence-corrected chi connectivity index (χ4v) is 1.78. The Balaban J connectivity index is 2.76. The van der Waals surface area contributed by atoms with Gasteiger partial charge >= 0.3 is 5.69 Å². The van der Waals surface area contributed by atoms with E-state index >= 15 is 0 Å². The maximum absolute atomic E-state index is 11.0. The van der Waals surface area contributed by atoms with Crippen molar-refractivity contribution < 1.29 is 4.92 Å². The van der Waals surface area contributed by atoms with Gasteiger partial charge in [0, 0.05) is 13.2 Å². The van der Waals surface area contributed by atoms with Crippen molar-refractivity contribution in [2.75, 3.05) is 0 Å². The molecule has 2 heterocycles. The molecule has 0 saturated carbocycles. The van der Waals surface area contributed by atoms with Crippen LogP contribution in [0, 0.1) is 28.4 Å². The quantitative estimate of drug-likeness (QED) is 0.575. The lowest BCUT2D eigenvalue weighted by atomic mass is 10.3. The molecule has 0 unspecified atom stereocenters. The zero-order valence-electron chi connectivity index (χ0n) is 9.28. The van der Waals surface area contributed by atoms with Gasteiger partial charge in [0.25, 0.3) is 0 Å². The molecule has 0 aliphatic rings. The van der Waals surface area contributed by atoms with E-state index in [2.05, 4.69) is 5.10 Å². The zero-order chi connectivity index (χ0) is 12.6. The van der Waals surface area contributed by atoms with Gasteiger partial charge in [0.15, 0.2) is 0 Å². The standard InChI is InChI=1S/C10H9N5O2/c1-7-9(15(16)17)10(13(2)12-7)14-5-3-4-8(14)6-11/h3-5H,1-2H3. The van der Waals surface area contributed by atoms with E-state index in [0.717, 1.165) is 0 Å². The van der Waals surface area contributed by atoms with Gasteiger partial charge in [-0.15, -0.1) is 0 Å². The molecule has 0 bridgehead atoms. The Kier molecular flexibility index (Phi) is 2.40. The maximum Gasteiger partial charge on any atom is 0.334 e. The van der Waals surface area contributed by atoms with E-state index in [0.29, 0.717) is 11.4 Å². The molecule has 2 aromatic rings. The second kappa shape index (κ2) is 3.75. The molecule has 2 rings (SSSR count). The summed E-state index contributed by atoms with van der Waals surface area (Å²) in [5, 5.41) is 23.9. The third-order valence-corrected chi connectivity index (χ3v) is 2.44. The molecule has 0 atom stereocenters. The van der Waals surface area contributed by atoms with Crippen molar-refractivity contribution in [3.05, 3.63) is 39.8 Å². The number of hydrogen-bond donors (Lipinski definition) is 0. The van der Waals surface area contributed by atoms with Gasteiger partial charge in [0.2, 0.25) is 5.82 Å². The summed E-state index contributed by atoms with van der Waals surface area (Å²) in [7, 11) is 1.61. The number of nitro groups is 1. The SMILES string of the molecule is Cc1nn(C)c(-n2cccc2C#N)c1[N+](=O)[O-]. The highest BCUT2D eigenvalue weighted by Crippen LogP contribution is 2.27. The molecule has 17 heavy (non-hydrogen) atoms. The van der Waals surface area contributed by atoms with E-state index in [1.54, 1.807) is 32.3 Å². The highest BCUT2D eigenvalue weighted by molar-refractivity contribution is 5.53. The average molecular weight is 231 g/mol. The van der Waals surface area contributed by atoms with Gasteiger partial charge in [0.1, 0.15) is 17.5 Å². The molecule has 0 aliphatic carbocycles. The Labute approximate surface area is 96.7 Å². The minimum absolute atomic E-state index is 0.0831. The van der Waals surface area contributed by atoms with E-state index in [4.69, 9.17) is 5.26 Å². The molecule has 7 heteroatoms. The van der Waals surface area contributed by atoms with Crippen molar-refractivity contribution in [3.63, 3.8) is 0 Å². The Hall–Kier alpha value is -2.62. The lowest BCUT2D eigenvalue weighted by Crippen LogP contribution is -2.05. The average Bonchev–Trinajstić information content (AvgIpc) is 2.81. The van der Waals surface area contributed by atoms with E-state index in [1.165, 1.54) is 9.25 Å². The number of hydrogen-bond acceptors (Lipinski definition) is 4. The summed E-state index contributed by atoms with van der Waals surface area (Å²) in [4.78, 5) is 10.5. The molecule has 0 aromatic carbocycles.